The number of nitrogens with zero attached hydrogens (tertiary/aromatic N) is 6. The molecular weight excluding hydrogens is 539 g/mol. The molecule has 2 atom stereocenters. The number of nitrogens with two attached hydrogens (primary N) is 1. The first kappa shape index (κ1) is 27.6. The number of fused-ring (bicyclic) bond motifs is 2. The van der Waals surface area contributed by atoms with Crippen molar-refractivity contribution in [2.45, 2.75) is 31.9 Å². The van der Waals surface area contributed by atoms with Crippen LogP contribution in [0.5, 0.6) is 0 Å². The maximum atomic E-state index is 14.9. The molecule has 1 aromatic carbocycles. The molecular formula is C26H27FN8O6. The number of piperazine rings is 1. The Morgan fingerprint density at radius 1 is 1.20 bits per heavy atom. The van der Waals surface area contributed by atoms with Crippen LogP contribution in [0.4, 0.5) is 20.8 Å². The minimum atomic E-state index is -0.597. The quantitative estimate of drug-likeness (QED) is 0.326. The van der Waals surface area contributed by atoms with Crippen molar-refractivity contribution in [3.63, 3.8) is 0 Å². The second kappa shape index (κ2) is 11.7. The highest BCUT2D eigenvalue weighted by molar-refractivity contribution is 5.90. The predicted octanol–water partition coefficient (Wildman–Crippen LogP) is 0.966. The third-order valence-corrected chi connectivity index (χ3v) is 6.73. The molecule has 0 radical (unpaired) electrons. The first-order valence-corrected chi connectivity index (χ1v) is 12.8. The summed E-state index contributed by atoms with van der Waals surface area (Å²) in [5.41, 5.74) is 6.63. The highest BCUT2D eigenvalue weighted by Crippen LogP contribution is 2.30. The van der Waals surface area contributed by atoms with Crippen LogP contribution >= 0.6 is 0 Å². The first-order valence-electron chi connectivity index (χ1n) is 12.8. The lowest BCUT2D eigenvalue weighted by Gasteiger charge is -2.34. The molecule has 2 aliphatic heterocycles. The van der Waals surface area contributed by atoms with Crippen LogP contribution in [-0.4, -0.2) is 75.5 Å². The van der Waals surface area contributed by atoms with Crippen LogP contribution in [0.1, 0.15) is 19.8 Å². The van der Waals surface area contributed by atoms with E-state index in [1.54, 1.807) is 12.1 Å². The van der Waals surface area contributed by atoms with E-state index in [1.807, 2.05) is 4.90 Å². The summed E-state index contributed by atoms with van der Waals surface area (Å²) < 4.78 is 26.0. The molecule has 0 aliphatic carbocycles. The second-order valence-electron chi connectivity index (χ2n) is 9.57. The number of primary amides is 1. The Bertz CT molecular complexity index is 1610. The maximum absolute atomic E-state index is 14.9. The van der Waals surface area contributed by atoms with Gasteiger partial charge < -0.3 is 25.1 Å². The number of benzene rings is 1. The number of hydrogen-bond donors (Lipinski definition) is 2. The van der Waals surface area contributed by atoms with Gasteiger partial charge in [0.2, 0.25) is 17.6 Å². The highest BCUT2D eigenvalue weighted by atomic mass is 19.1. The molecule has 214 valence electrons. The number of ether oxygens (including phenoxy) is 1. The zero-order valence-electron chi connectivity index (χ0n) is 22.0. The fourth-order valence-electron chi connectivity index (χ4n) is 4.61. The molecule has 5 heterocycles. The van der Waals surface area contributed by atoms with E-state index in [0.29, 0.717) is 49.0 Å². The van der Waals surface area contributed by atoms with Crippen molar-refractivity contribution in [2.75, 3.05) is 36.0 Å². The zero-order chi connectivity index (χ0) is 29.1. The van der Waals surface area contributed by atoms with Crippen LogP contribution < -0.4 is 26.6 Å². The van der Waals surface area contributed by atoms with E-state index >= 15 is 0 Å². The average Bonchev–Trinajstić information content (AvgIpc) is 3.68. The number of rotatable bonds is 7. The van der Waals surface area contributed by atoms with Gasteiger partial charge in [0.25, 0.3) is 0 Å². The van der Waals surface area contributed by atoms with Gasteiger partial charge in [-0.3, -0.25) is 14.5 Å². The number of nitrogens with one attached hydrogen (secondary N) is 1. The van der Waals surface area contributed by atoms with Crippen molar-refractivity contribution in [3.05, 3.63) is 59.5 Å². The first-order chi connectivity index (χ1) is 19.7. The lowest BCUT2D eigenvalue weighted by Crippen LogP contribution is -2.55. The molecule has 2 aliphatic rings. The number of carbonyl (C=O) groups is 3. The third kappa shape index (κ3) is 6.14. The van der Waals surface area contributed by atoms with E-state index in [9.17, 15) is 23.6 Å². The van der Waals surface area contributed by atoms with Crippen LogP contribution in [-0.2, 0) is 14.3 Å². The van der Waals surface area contributed by atoms with Crippen molar-refractivity contribution >= 4 is 35.1 Å². The zero-order valence-corrected chi connectivity index (χ0v) is 22.0. The number of cyclic esters (lactones) is 1. The van der Waals surface area contributed by atoms with Crippen molar-refractivity contribution in [1.82, 2.24) is 24.7 Å². The number of ketones is 1. The van der Waals surface area contributed by atoms with Gasteiger partial charge in [0, 0.05) is 49.6 Å². The van der Waals surface area contributed by atoms with E-state index < -0.39 is 23.9 Å². The van der Waals surface area contributed by atoms with Crippen LogP contribution in [0.15, 0.2) is 52.3 Å². The lowest BCUT2D eigenvalue weighted by atomic mass is 10.1. The lowest BCUT2D eigenvalue weighted by molar-refractivity contribution is -0.119. The third-order valence-electron chi connectivity index (χ3n) is 6.73. The van der Waals surface area contributed by atoms with E-state index in [-0.39, 0.29) is 36.1 Å². The van der Waals surface area contributed by atoms with E-state index in [1.165, 1.54) is 47.2 Å². The van der Waals surface area contributed by atoms with Crippen LogP contribution in [0.3, 0.4) is 0 Å². The molecule has 2 unspecified atom stereocenters. The molecule has 6 rings (SSSR count). The molecule has 0 spiro atoms. The van der Waals surface area contributed by atoms with Crippen LogP contribution in [0.25, 0.3) is 16.8 Å². The number of oxazole rings is 1. The van der Waals surface area contributed by atoms with Gasteiger partial charge in [0.1, 0.15) is 24.3 Å². The summed E-state index contributed by atoms with van der Waals surface area (Å²) in [5.74, 6) is -0.939. The Hall–Kier alpha value is -4.92. The number of aromatic nitrogens is 4. The number of amides is 2. The maximum Gasteiger partial charge on any atom is 0.426 e. The largest absolute Gasteiger partial charge is 0.444 e. The Morgan fingerprint density at radius 2 is 1.98 bits per heavy atom. The number of anilines is 2. The molecule has 2 bridgehead atoms. The molecule has 14 nitrogen and oxygen atoms in total. The number of Topliss-reactive ketones (excluding diaryl/α,β-unsaturated/α-hetero) is 1. The van der Waals surface area contributed by atoms with Crippen LogP contribution in [0, 0.1) is 5.82 Å². The SMILES string of the molecule is CC(=O)C1CNCCN1c1ncc(-c2ccc(N3CC(CCC(N)=O)OC3=O)cc2F)cn1.O=c1oc2cn1cn2. The monoisotopic (exact) mass is 566 g/mol. The van der Waals surface area contributed by atoms with Crippen molar-refractivity contribution < 1.29 is 27.9 Å². The van der Waals surface area contributed by atoms with Gasteiger partial charge >= 0.3 is 11.8 Å². The topological polar surface area (TPSA) is 178 Å². The summed E-state index contributed by atoms with van der Waals surface area (Å²) in [6, 6.07) is 4.08. The fraction of sp³-hybridized carbons (Fsp3) is 0.346. The van der Waals surface area contributed by atoms with Gasteiger partial charge in [0.05, 0.1) is 18.4 Å². The Morgan fingerprint density at radius 3 is 2.56 bits per heavy atom. The fourth-order valence-corrected chi connectivity index (χ4v) is 4.61. The van der Waals surface area contributed by atoms with Gasteiger partial charge in [-0.05, 0) is 31.5 Å². The van der Waals surface area contributed by atoms with E-state index in [0.717, 1.165) is 0 Å². The Labute approximate surface area is 232 Å². The molecule has 2 saturated heterocycles. The van der Waals surface area contributed by atoms with E-state index in [4.69, 9.17) is 10.5 Å². The van der Waals surface area contributed by atoms with Crippen LogP contribution in [0.2, 0.25) is 0 Å². The molecule has 41 heavy (non-hydrogen) atoms. The summed E-state index contributed by atoms with van der Waals surface area (Å²) >= 11 is 0. The number of hydrogen-bond acceptors (Lipinski definition) is 11. The molecule has 0 saturated carbocycles. The van der Waals surface area contributed by atoms with Gasteiger partial charge in [-0.25, -0.2) is 33.3 Å². The standard InChI is InChI=1S/C22H25FN6O4.C4H2N2O2/c1-13(30)19-11-25-6-7-28(19)21-26-9-14(10-27-21)17-4-2-15(8-18(17)23)29-12-16(33-22(29)32)3-5-20(24)31;7-4-6-1-3(8-4)5-2-6/h2,4,8-10,16,19,25H,3,5-7,11-12H2,1H3,(H2,24,31);1-2H. The molecule has 3 N–H and O–H groups in total. The molecule has 2 fully saturated rings. The second-order valence-corrected chi connectivity index (χ2v) is 9.57. The van der Waals surface area contributed by atoms with Crippen molar-refractivity contribution in [2.24, 2.45) is 5.73 Å². The van der Waals surface area contributed by atoms with Gasteiger partial charge in [-0.15, -0.1) is 0 Å². The molecule has 3 aromatic heterocycles. The predicted molar refractivity (Wildman–Crippen MR) is 143 cm³/mol. The number of carbonyl (C=O) groups excluding carboxylic acids is 3. The minimum Gasteiger partial charge on any atom is -0.444 e. The minimum absolute atomic E-state index is 0.0221. The molecule has 15 heteroatoms. The summed E-state index contributed by atoms with van der Waals surface area (Å²) in [7, 11) is 0. The number of imidazole rings is 1. The molecule has 4 aromatic rings. The smallest absolute Gasteiger partial charge is 0.426 e. The summed E-state index contributed by atoms with van der Waals surface area (Å²) in [4.78, 5) is 61.0. The Kier molecular flexibility index (Phi) is 7.87. The average molecular weight is 567 g/mol. The Balaban J connectivity index is 0.000000358. The van der Waals surface area contributed by atoms with Crippen molar-refractivity contribution in [1.29, 1.82) is 0 Å². The summed E-state index contributed by atoms with van der Waals surface area (Å²) in [6.45, 7) is 3.59. The highest BCUT2D eigenvalue weighted by Gasteiger charge is 2.33. The van der Waals surface area contributed by atoms with E-state index in [2.05, 4.69) is 24.7 Å². The molecule has 2 amide bonds. The van der Waals surface area contributed by atoms with Gasteiger partial charge in [0.15, 0.2) is 5.78 Å². The normalized spacial score (nSPS) is 18.7. The van der Waals surface area contributed by atoms with Gasteiger partial charge in [-0.1, -0.05) is 0 Å². The van der Waals surface area contributed by atoms with Gasteiger partial charge in [-0.2, -0.15) is 0 Å². The van der Waals surface area contributed by atoms with Crippen molar-refractivity contribution in [3.8, 4) is 11.1 Å². The summed E-state index contributed by atoms with van der Waals surface area (Å²) in [5, 5.41) is 3.18. The number of halogens is 1. The summed E-state index contributed by atoms with van der Waals surface area (Å²) in [6.07, 6.45) is 5.34.